The number of hydrogen-bond donors (Lipinski definition) is 4. The van der Waals surface area contributed by atoms with Crippen molar-refractivity contribution in [2.75, 3.05) is 26.1 Å². The normalized spacial score (nSPS) is 29.7. The highest BCUT2D eigenvalue weighted by molar-refractivity contribution is 7.80. The number of amides is 3. The number of nitrogens with one attached hydrogen (secondary N) is 1. The van der Waals surface area contributed by atoms with Gasteiger partial charge < -0.3 is 34.2 Å². The van der Waals surface area contributed by atoms with Crippen molar-refractivity contribution in [2.45, 2.75) is 114 Å². The number of anilines is 1. The lowest BCUT2D eigenvalue weighted by molar-refractivity contribution is -0.148. The van der Waals surface area contributed by atoms with Gasteiger partial charge in [-0.05, 0) is 63.0 Å². The molecule has 2 fully saturated rings. The van der Waals surface area contributed by atoms with E-state index in [4.69, 9.17) is 30.9 Å². The van der Waals surface area contributed by atoms with Crippen LogP contribution in [0.2, 0.25) is 5.02 Å². The summed E-state index contributed by atoms with van der Waals surface area (Å²) in [5.74, 6) is -0.866. The van der Waals surface area contributed by atoms with Crippen LogP contribution >= 0.6 is 24.2 Å². The van der Waals surface area contributed by atoms with E-state index in [1.165, 1.54) is 18.9 Å². The second kappa shape index (κ2) is 17.3. The number of halogens is 1. The van der Waals surface area contributed by atoms with Gasteiger partial charge in [-0.3, -0.25) is 14.9 Å². The van der Waals surface area contributed by atoms with E-state index in [-0.39, 0.29) is 48.3 Å². The number of nitrogens with zero attached hydrogens (tertiary/aromatic N) is 2. The zero-order chi connectivity index (χ0) is 37.6. The lowest BCUT2D eigenvalue weighted by Gasteiger charge is -2.38. The minimum absolute atomic E-state index is 0.0879. The molecule has 1 unspecified atom stereocenters. The van der Waals surface area contributed by atoms with Gasteiger partial charge in [-0.2, -0.15) is 12.6 Å². The number of fused-ring (bicyclic) bond motifs is 5. The van der Waals surface area contributed by atoms with Crippen LogP contribution in [0.3, 0.4) is 0 Å². The molecule has 0 radical (unpaired) electrons. The highest BCUT2D eigenvalue weighted by Crippen LogP contribution is 2.47. The molecule has 3 N–H and O–H groups in total. The third kappa shape index (κ3) is 10.9. The SMILES string of the molecule is CC(S)CCC(=O)N(C)[C@@H](C)C(=O)O.COc1cc2cc(c1Cl)N(C)C(=O)CC[C@]1(C)O[C@H]1[C@H](C)[C@@H]1C[C@](O)(C/C=C/C=C(\C)C2)NC(=O)O1. The molecule has 14 heteroatoms. The number of hydrogen-bond acceptors (Lipinski definition) is 9. The minimum Gasteiger partial charge on any atom is -0.495 e. The maximum atomic E-state index is 13.2. The number of methoxy groups -OCH3 is 1. The third-order valence-corrected chi connectivity index (χ3v) is 10.2. The van der Waals surface area contributed by atoms with Gasteiger partial charge in [0.25, 0.3) is 0 Å². The van der Waals surface area contributed by atoms with E-state index < -0.39 is 35.5 Å². The van der Waals surface area contributed by atoms with Crippen LogP contribution < -0.4 is 15.0 Å². The van der Waals surface area contributed by atoms with Gasteiger partial charge in [0.05, 0.1) is 24.5 Å². The highest BCUT2D eigenvalue weighted by Gasteiger charge is 2.58. The first kappa shape index (κ1) is 41.2. The highest BCUT2D eigenvalue weighted by atomic mass is 35.5. The molecule has 3 heterocycles. The first-order valence-electron chi connectivity index (χ1n) is 16.8. The van der Waals surface area contributed by atoms with Crippen LogP contribution in [0.25, 0.3) is 0 Å². The Morgan fingerprint density at radius 1 is 1.28 bits per heavy atom. The van der Waals surface area contributed by atoms with Gasteiger partial charge in [-0.15, -0.1) is 0 Å². The average Bonchev–Trinajstić information content (AvgIpc) is 3.74. The molecule has 3 aliphatic rings. The van der Waals surface area contributed by atoms with Gasteiger partial charge in [0.1, 0.15) is 28.6 Å². The summed E-state index contributed by atoms with van der Waals surface area (Å²) in [4.78, 5) is 50.2. The van der Waals surface area contributed by atoms with E-state index in [2.05, 4.69) is 17.9 Å². The molecular weight excluding hydrogens is 686 g/mol. The maximum absolute atomic E-state index is 13.2. The molecule has 50 heavy (non-hydrogen) atoms. The number of allylic oxidation sites excluding steroid dienone is 3. The molecule has 0 saturated carbocycles. The topological polar surface area (TPSA) is 158 Å². The Labute approximate surface area is 305 Å². The molecule has 0 spiro atoms. The molecule has 0 aliphatic carbocycles. The van der Waals surface area contributed by atoms with E-state index in [9.17, 15) is 24.3 Å². The number of rotatable bonds is 6. The molecule has 1 aromatic carbocycles. The van der Waals surface area contributed by atoms with Crippen LogP contribution in [-0.4, -0.2) is 95.0 Å². The molecule has 278 valence electrons. The number of carbonyl (C=O) groups excluding carboxylic acids is 3. The number of likely N-dealkylation sites (N-methyl/N-ethyl adjacent to an activating group) is 1. The van der Waals surface area contributed by atoms with E-state index in [1.54, 1.807) is 19.1 Å². The first-order valence-corrected chi connectivity index (χ1v) is 17.7. The van der Waals surface area contributed by atoms with Crippen LogP contribution in [0.15, 0.2) is 35.9 Å². The number of carboxylic acids is 1. The second-order valence-corrected chi connectivity index (χ2v) is 15.1. The summed E-state index contributed by atoms with van der Waals surface area (Å²) in [5.41, 5.74) is 0.692. The predicted octanol–water partition coefficient (Wildman–Crippen LogP) is 5.54. The fourth-order valence-corrected chi connectivity index (χ4v) is 6.52. The summed E-state index contributed by atoms with van der Waals surface area (Å²) in [6.07, 6.45) is 7.21. The maximum Gasteiger partial charge on any atom is 0.409 e. The van der Waals surface area contributed by atoms with Gasteiger partial charge in [0.15, 0.2) is 0 Å². The van der Waals surface area contributed by atoms with Gasteiger partial charge in [-0.1, -0.05) is 49.2 Å². The number of alkyl carbamates (subject to hydrolysis) is 1. The quantitative estimate of drug-likeness (QED) is 0.217. The fourth-order valence-electron chi connectivity index (χ4n) is 6.08. The smallest absolute Gasteiger partial charge is 0.409 e. The van der Waals surface area contributed by atoms with E-state index in [0.717, 1.165) is 11.1 Å². The molecular formula is C36H52ClN3O9S. The zero-order valence-corrected chi connectivity index (χ0v) is 31.8. The molecule has 3 amide bonds. The van der Waals surface area contributed by atoms with Gasteiger partial charge in [-0.25, -0.2) is 9.59 Å². The number of carbonyl (C=O) groups is 4. The minimum atomic E-state index is -1.40. The van der Waals surface area contributed by atoms with Crippen molar-refractivity contribution >= 4 is 53.8 Å². The number of aliphatic hydroxyl groups is 1. The summed E-state index contributed by atoms with van der Waals surface area (Å²) in [7, 11) is 4.77. The van der Waals surface area contributed by atoms with Crippen LogP contribution in [0.4, 0.5) is 10.5 Å². The predicted molar refractivity (Wildman–Crippen MR) is 195 cm³/mol. The zero-order valence-electron chi connectivity index (χ0n) is 30.2. The Bertz CT molecular complexity index is 1490. The van der Waals surface area contributed by atoms with Gasteiger partial charge in [0, 0.05) is 45.7 Å². The number of ether oxygens (including phenoxy) is 3. The molecule has 12 nitrogen and oxygen atoms in total. The third-order valence-electron chi connectivity index (χ3n) is 9.57. The largest absolute Gasteiger partial charge is 0.495 e. The van der Waals surface area contributed by atoms with Crippen LogP contribution in [0.5, 0.6) is 5.75 Å². The monoisotopic (exact) mass is 737 g/mol. The van der Waals surface area contributed by atoms with E-state index >= 15 is 0 Å². The first-order chi connectivity index (χ1) is 23.3. The Balaban J connectivity index is 0.000000409. The van der Waals surface area contributed by atoms with Crippen molar-refractivity contribution in [1.82, 2.24) is 10.2 Å². The number of carboxylic acid groups (broad SMARTS) is 1. The lowest BCUT2D eigenvalue weighted by atomic mass is 9.85. The number of epoxide rings is 1. The van der Waals surface area contributed by atoms with Crippen molar-refractivity contribution in [2.24, 2.45) is 5.92 Å². The number of aliphatic carboxylic acids is 1. The summed E-state index contributed by atoms with van der Waals surface area (Å²) >= 11 is 10.7. The Kier molecular flexibility index (Phi) is 14.2. The van der Waals surface area contributed by atoms with E-state index in [0.29, 0.717) is 42.1 Å². The van der Waals surface area contributed by atoms with Crippen molar-refractivity contribution < 1.29 is 43.6 Å². The fraction of sp³-hybridized carbons (Fsp3) is 0.611. The molecule has 4 bridgehead atoms. The van der Waals surface area contributed by atoms with E-state index in [1.807, 2.05) is 58.1 Å². The second-order valence-electron chi connectivity index (χ2n) is 13.8. The summed E-state index contributed by atoms with van der Waals surface area (Å²) < 4.78 is 17.0. The van der Waals surface area contributed by atoms with Crippen molar-refractivity contribution in [3.63, 3.8) is 0 Å². The average molecular weight is 738 g/mol. The van der Waals surface area contributed by atoms with Crippen LogP contribution in [0.1, 0.15) is 78.7 Å². The Morgan fingerprint density at radius 3 is 2.58 bits per heavy atom. The van der Waals surface area contributed by atoms with Crippen molar-refractivity contribution in [3.8, 4) is 5.75 Å². The standard InChI is InChI=1S/C27H35ClN2O6.C9H17NO3S/c1-16-8-6-7-10-27(33)15-21(35-25(32)29-27)17(2)24-26(3,36-24)11-9-22(31)30(4)19-13-18(12-16)14-20(34-5)23(19)28;1-6(14)4-5-8(11)10(3)7(2)9(12)13/h6-8,13-14,17,21,24,33H,9-12,15H2,1-5H3,(H,29,32);6-7,14H,4-5H2,1-3H3,(H,12,13)/b7-6+,16-8+;/t17-,21+,24+,26+,27-;6?,7-/m10/s1. The van der Waals surface area contributed by atoms with Crippen LogP contribution in [-0.2, 0) is 30.3 Å². The number of thiol groups is 1. The van der Waals surface area contributed by atoms with Gasteiger partial charge >= 0.3 is 12.1 Å². The molecule has 3 aliphatic heterocycles. The molecule has 2 saturated heterocycles. The summed E-state index contributed by atoms with van der Waals surface area (Å²) in [6, 6.07) is 3.02. The van der Waals surface area contributed by atoms with Gasteiger partial charge in [0.2, 0.25) is 11.8 Å². The Hall–Kier alpha value is -3.26. The Morgan fingerprint density at radius 2 is 1.96 bits per heavy atom. The van der Waals surface area contributed by atoms with Crippen molar-refractivity contribution in [3.05, 3.63) is 46.5 Å². The summed E-state index contributed by atoms with van der Waals surface area (Å²) in [5, 5.41) is 22.9. The molecule has 0 aromatic heterocycles. The molecule has 4 rings (SSSR count). The summed E-state index contributed by atoms with van der Waals surface area (Å²) in [6.45, 7) is 9.31. The van der Waals surface area contributed by atoms with Crippen molar-refractivity contribution in [1.29, 1.82) is 0 Å². The lowest BCUT2D eigenvalue weighted by Crippen LogP contribution is -2.57. The molecule has 7 atom stereocenters. The molecule has 1 aromatic rings. The number of benzene rings is 1. The van der Waals surface area contributed by atoms with Crippen LogP contribution in [0, 0.1) is 5.92 Å².